The van der Waals surface area contributed by atoms with Gasteiger partial charge in [-0.1, -0.05) is 42.5 Å². The molecular weight excluding hydrogens is 376 g/mol. The molecule has 0 aliphatic heterocycles. The summed E-state index contributed by atoms with van der Waals surface area (Å²) >= 11 is 0. The van der Waals surface area contributed by atoms with Gasteiger partial charge >= 0.3 is 5.97 Å². The lowest BCUT2D eigenvalue weighted by Crippen LogP contribution is -2.19. The molecule has 2 aromatic heterocycles. The van der Waals surface area contributed by atoms with Crippen molar-refractivity contribution >= 4 is 23.2 Å². The molecule has 0 amide bonds. The van der Waals surface area contributed by atoms with Gasteiger partial charge in [0.1, 0.15) is 12.1 Å². The van der Waals surface area contributed by atoms with E-state index < -0.39 is 11.9 Å². The summed E-state index contributed by atoms with van der Waals surface area (Å²) in [6.07, 6.45) is 6.64. The van der Waals surface area contributed by atoms with Crippen molar-refractivity contribution in [3.63, 3.8) is 0 Å². The number of anilines is 3. The van der Waals surface area contributed by atoms with E-state index in [4.69, 9.17) is 0 Å². The first-order chi connectivity index (χ1) is 14.7. The van der Waals surface area contributed by atoms with Gasteiger partial charge in [-0.3, -0.25) is 14.7 Å². The van der Waals surface area contributed by atoms with Crippen LogP contribution in [-0.4, -0.2) is 26.0 Å². The summed E-state index contributed by atoms with van der Waals surface area (Å²) in [6, 6.07) is 23.3. The summed E-state index contributed by atoms with van der Waals surface area (Å²) in [4.78, 5) is 26.9. The Morgan fingerprint density at radius 2 is 1.53 bits per heavy atom. The van der Waals surface area contributed by atoms with Crippen LogP contribution in [0.25, 0.3) is 0 Å². The minimum Gasteiger partial charge on any atom is -0.481 e. The first kappa shape index (κ1) is 19.3. The average molecular weight is 396 g/mol. The van der Waals surface area contributed by atoms with Crippen molar-refractivity contribution < 1.29 is 9.90 Å². The maximum absolute atomic E-state index is 12.0. The normalized spacial score (nSPS) is 11.6. The Morgan fingerprint density at radius 3 is 2.10 bits per heavy atom. The molecule has 2 heterocycles. The van der Waals surface area contributed by atoms with Crippen LogP contribution in [0.4, 0.5) is 17.2 Å². The second-order valence-corrected chi connectivity index (χ2v) is 6.76. The van der Waals surface area contributed by atoms with Gasteiger partial charge in [0.05, 0.1) is 5.92 Å². The van der Waals surface area contributed by atoms with Crippen molar-refractivity contribution in [1.29, 1.82) is 0 Å². The Balaban J connectivity index is 1.80. The van der Waals surface area contributed by atoms with E-state index in [0.29, 0.717) is 11.4 Å². The van der Waals surface area contributed by atoms with Crippen LogP contribution < -0.4 is 4.90 Å². The van der Waals surface area contributed by atoms with Gasteiger partial charge in [0.2, 0.25) is 0 Å². The highest BCUT2D eigenvalue weighted by atomic mass is 16.4. The number of carboxylic acid groups (broad SMARTS) is 1. The molecule has 6 nitrogen and oxygen atoms in total. The number of benzene rings is 2. The predicted octanol–water partition coefficient (Wildman–Crippen LogP) is 4.75. The van der Waals surface area contributed by atoms with E-state index in [-0.39, 0.29) is 6.42 Å². The Morgan fingerprint density at radius 1 is 0.867 bits per heavy atom. The van der Waals surface area contributed by atoms with Gasteiger partial charge in [-0.25, -0.2) is 9.97 Å². The molecule has 148 valence electrons. The van der Waals surface area contributed by atoms with Crippen LogP contribution in [0.1, 0.15) is 17.0 Å². The van der Waals surface area contributed by atoms with Gasteiger partial charge < -0.3 is 5.11 Å². The predicted molar refractivity (Wildman–Crippen MR) is 115 cm³/mol. The fourth-order valence-electron chi connectivity index (χ4n) is 3.39. The molecule has 0 aliphatic carbocycles. The summed E-state index contributed by atoms with van der Waals surface area (Å²) in [7, 11) is 0. The zero-order valence-electron chi connectivity index (χ0n) is 16.2. The second-order valence-electron chi connectivity index (χ2n) is 6.76. The summed E-state index contributed by atoms with van der Waals surface area (Å²) in [5.41, 5.74) is 3.24. The maximum atomic E-state index is 12.0. The van der Waals surface area contributed by atoms with E-state index in [1.165, 1.54) is 6.33 Å². The number of aromatic nitrogens is 3. The second kappa shape index (κ2) is 8.96. The minimum absolute atomic E-state index is 0.243. The molecule has 1 N–H and O–H groups in total. The van der Waals surface area contributed by atoms with Crippen molar-refractivity contribution in [2.75, 3.05) is 4.90 Å². The highest BCUT2D eigenvalue weighted by Gasteiger charge is 2.25. The van der Waals surface area contributed by atoms with Crippen molar-refractivity contribution in [3.8, 4) is 0 Å². The number of para-hydroxylation sites is 2. The number of hydrogen-bond acceptors (Lipinski definition) is 5. The summed E-state index contributed by atoms with van der Waals surface area (Å²) in [6.45, 7) is 0. The highest BCUT2D eigenvalue weighted by molar-refractivity contribution is 5.79. The van der Waals surface area contributed by atoms with Crippen molar-refractivity contribution in [2.45, 2.75) is 12.3 Å². The van der Waals surface area contributed by atoms with E-state index in [1.54, 1.807) is 30.7 Å². The molecule has 4 rings (SSSR count). The smallest absolute Gasteiger partial charge is 0.311 e. The highest BCUT2D eigenvalue weighted by Crippen LogP contribution is 2.36. The first-order valence-electron chi connectivity index (χ1n) is 9.56. The molecule has 0 saturated heterocycles. The van der Waals surface area contributed by atoms with Crippen LogP contribution in [0.2, 0.25) is 0 Å². The average Bonchev–Trinajstić information content (AvgIpc) is 2.80. The third-order valence-corrected chi connectivity index (χ3v) is 4.81. The van der Waals surface area contributed by atoms with Crippen LogP contribution in [0.15, 0.2) is 97.7 Å². The van der Waals surface area contributed by atoms with Gasteiger partial charge in [-0.2, -0.15) is 0 Å². The van der Waals surface area contributed by atoms with Crippen LogP contribution in [0.5, 0.6) is 0 Å². The summed E-state index contributed by atoms with van der Waals surface area (Å²) in [5, 5.41) is 9.87. The van der Waals surface area contributed by atoms with E-state index >= 15 is 0 Å². The zero-order valence-corrected chi connectivity index (χ0v) is 16.2. The number of carbonyl (C=O) groups is 1. The number of rotatable bonds is 7. The molecule has 1 unspecified atom stereocenters. The molecule has 0 saturated carbocycles. The molecule has 30 heavy (non-hydrogen) atoms. The fourth-order valence-corrected chi connectivity index (χ4v) is 3.39. The largest absolute Gasteiger partial charge is 0.481 e. The van der Waals surface area contributed by atoms with Crippen LogP contribution in [0.3, 0.4) is 0 Å². The van der Waals surface area contributed by atoms with Crippen LogP contribution in [-0.2, 0) is 11.2 Å². The monoisotopic (exact) mass is 396 g/mol. The molecule has 1 atom stereocenters. The maximum Gasteiger partial charge on any atom is 0.311 e. The third-order valence-electron chi connectivity index (χ3n) is 4.81. The van der Waals surface area contributed by atoms with Gasteiger partial charge in [0, 0.05) is 35.5 Å². The van der Waals surface area contributed by atoms with Gasteiger partial charge in [-0.15, -0.1) is 0 Å². The molecule has 2 aromatic carbocycles. The van der Waals surface area contributed by atoms with Crippen molar-refractivity contribution in [3.05, 3.63) is 109 Å². The molecule has 0 aliphatic rings. The first-order valence-corrected chi connectivity index (χ1v) is 9.56. The Hall–Kier alpha value is -4.06. The molecule has 0 bridgehead atoms. The SMILES string of the molecule is O=C(O)C(Cc1cncnc1N(c1ccccc1)c1ccccc1)c1cccnc1. The molecule has 0 spiro atoms. The standard InChI is InChI=1S/C24H20N4O2/c29-24(30)22(18-8-7-13-25-15-18)14-19-16-26-17-27-23(19)28(20-9-3-1-4-10-20)21-11-5-2-6-12-21/h1-13,15-17,22H,14H2,(H,29,30). The summed E-state index contributed by atoms with van der Waals surface area (Å²) in [5.74, 6) is -1.02. The number of aliphatic carboxylic acids is 1. The fraction of sp³-hybridized carbons (Fsp3) is 0.0833. The van der Waals surface area contributed by atoms with Gasteiger partial charge in [0.25, 0.3) is 0 Å². The number of carboxylic acids is 1. The lowest BCUT2D eigenvalue weighted by Gasteiger charge is -2.26. The van der Waals surface area contributed by atoms with Crippen LogP contribution in [0, 0.1) is 0 Å². The number of pyridine rings is 1. The lowest BCUT2D eigenvalue weighted by atomic mass is 9.93. The topological polar surface area (TPSA) is 79.2 Å². The molecule has 0 radical (unpaired) electrons. The van der Waals surface area contributed by atoms with E-state index in [9.17, 15) is 9.90 Å². The van der Waals surface area contributed by atoms with Crippen LogP contribution >= 0.6 is 0 Å². The molecular formula is C24H20N4O2. The Labute approximate surface area is 174 Å². The van der Waals surface area contributed by atoms with Gasteiger partial charge in [0.15, 0.2) is 0 Å². The lowest BCUT2D eigenvalue weighted by molar-refractivity contribution is -0.138. The minimum atomic E-state index is -0.913. The van der Waals surface area contributed by atoms with Gasteiger partial charge in [-0.05, 0) is 42.3 Å². The Kier molecular flexibility index (Phi) is 5.75. The van der Waals surface area contributed by atoms with E-state index in [2.05, 4.69) is 15.0 Å². The molecule has 6 heteroatoms. The quantitative estimate of drug-likeness (QED) is 0.485. The van der Waals surface area contributed by atoms with E-state index in [0.717, 1.165) is 16.9 Å². The Bertz CT molecular complexity index is 1070. The summed E-state index contributed by atoms with van der Waals surface area (Å²) < 4.78 is 0. The molecule has 4 aromatic rings. The van der Waals surface area contributed by atoms with Crippen molar-refractivity contribution in [2.24, 2.45) is 0 Å². The number of hydrogen-bond donors (Lipinski definition) is 1. The number of nitrogens with zero attached hydrogens (tertiary/aromatic N) is 4. The molecule has 0 fully saturated rings. The zero-order chi connectivity index (χ0) is 20.8. The van der Waals surface area contributed by atoms with E-state index in [1.807, 2.05) is 65.6 Å². The van der Waals surface area contributed by atoms with Crippen molar-refractivity contribution in [1.82, 2.24) is 15.0 Å². The third kappa shape index (κ3) is 4.17.